The van der Waals surface area contributed by atoms with Crippen molar-refractivity contribution < 1.29 is 0 Å². The molecule has 1 aromatic carbocycles. The largest absolute Gasteiger partial charge is 0.368 e. The Kier molecular flexibility index (Phi) is 2.95. The van der Waals surface area contributed by atoms with Crippen LogP contribution >= 0.6 is 0 Å². The Labute approximate surface area is 101 Å². The maximum Gasteiger partial charge on any atom is 0.221 e. The molecule has 0 aliphatic carbocycles. The third-order valence-electron chi connectivity index (χ3n) is 2.41. The molecule has 0 aliphatic rings. The van der Waals surface area contributed by atoms with Crippen molar-refractivity contribution in [3.8, 4) is 0 Å². The van der Waals surface area contributed by atoms with Crippen LogP contribution in [0.15, 0.2) is 29.5 Å². The molecule has 0 radical (unpaired) electrons. The van der Waals surface area contributed by atoms with Crippen molar-refractivity contribution in [2.24, 2.45) is 5.10 Å². The predicted molar refractivity (Wildman–Crippen MR) is 70.3 cm³/mol. The van der Waals surface area contributed by atoms with Gasteiger partial charge in [0.05, 0.1) is 18.1 Å². The van der Waals surface area contributed by atoms with Crippen molar-refractivity contribution in [2.75, 3.05) is 5.73 Å². The van der Waals surface area contributed by atoms with Crippen LogP contribution in [-0.2, 0) is 0 Å². The summed E-state index contributed by atoms with van der Waals surface area (Å²) in [5, 5.41) is 4.28. The summed E-state index contributed by atoms with van der Waals surface area (Å²) < 4.78 is 1.58. The molecule has 0 fully saturated rings. The third kappa shape index (κ3) is 2.72. The fourth-order valence-corrected chi connectivity index (χ4v) is 1.81. The van der Waals surface area contributed by atoms with Gasteiger partial charge in [0.2, 0.25) is 5.95 Å². The van der Waals surface area contributed by atoms with E-state index in [1.807, 2.05) is 6.92 Å². The van der Waals surface area contributed by atoms with Crippen molar-refractivity contribution in [3.05, 3.63) is 46.8 Å². The smallest absolute Gasteiger partial charge is 0.221 e. The summed E-state index contributed by atoms with van der Waals surface area (Å²) in [6.45, 7) is 6.03. The second-order valence-corrected chi connectivity index (χ2v) is 4.25. The highest BCUT2D eigenvalue weighted by Crippen LogP contribution is 2.08. The molecule has 0 saturated heterocycles. The van der Waals surface area contributed by atoms with Crippen molar-refractivity contribution in [1.82, 2.24) is 9.66 Å². The lowest BCUT2D eigenvalue weighted by Crippen LogP contribution is -1.97. The number of hydrogen-bond acceptors (Lipinski definition) is 3. The van der Waals surface area contributed by atoms with Crippen LogP contribution < -0.4 is 5.73 Å². The zero-order valence-electron chi connectivity index (χ0n) is 10.3. The molecule has 1 aromatic heterocycles. The summed E-state index contributed by atoms with van der Waals surface area (Å²) in [6, 6.07) is 6.29. The minimum absolute atomic E-state index is 0.406. The van der Waals surface area contributed by atoms with E-state index in [1.54, 1.807) is 17.1 Å². The number of anilines is 1. The van der Waals surface area contributed by atoms with Gasteiger partial charge in [0.25, 0.3) is 0 Å². The van der Waals surface area contributed by atoms with E-state index in [0.29, 0.717) is 5.95 Å². The number of aryl methyl sites for hydroxylation is 3. The van der Waals surface area contributed by atoms with Gasteiger partial charge in [0.1, 0.15) is 0 Å². The van der Waals surface area contributed by atoms with Gasteiger partial charge >= 0.3 is 0 Å². The second-order valence-electron chi connectivity index (χ2n) is 4.25. The molecule has 0 aliphatic heterocycles. The number of nitrogens with zero attached hydrogens (tertiary/aromatic N) is 3. The third-order valence-corrected chi connectivity index (χ3v) is 2.41. The fraction of sp³-hybridized carbons (Fsp3) is 0.231. The van der Waals surface area contributed by atoms with Crippen molar-refractivity contribution in [1.29, 1.82) is 0 Å². The first-order chi connectivity index (χ1) is 8.04. The Balaban J connectivity index is 2.28. The van der Waals surface area contributed by atoms with Crippen LogP contribution in [0.5, 0.6) is 0 Å². The summed E-state index contributed by atoms with van der Waals surface area (Å²) in [5.74, 6) is 0.406. The standard InChI is InChI=1S/C13H16N4/c1-9-4-10(2)6-12(5-9)7-15-17-8-11(3)16-13(17)14/h4-8H,1-3H3,(H2,14,16). The van der Waals surface area contributed by atoms with E-state index < -0.39 is 0 Å². The Morgan fingerprint density at radius 3 is 2.35 bits per heavy atom. The Morgan fingerprint density at radius 1 is 1.18 bits per heavy atom. The van der Waals surface area contributed by atoms with Gasteiger partial charge in [-0.25, -0.2) is 9.66 Å². The highest BCUT2D eigenvalue weighted by atomic mass is 15.4. The number of imidazole rings is 1. The van der Waals surface area contributed by atoms with Crippen LogP contribution in [0.25, 0.3) is 0 Å². The fourth-order valence-electron chi connectivity index (χ4n) is 1.81. The number of nitrogens with two attached hydrogens (primary N) is 1. The second kappa shape index (κ2) is 4.41. The first-order valence-corrected chi connectivity index (χ1v) is 5.49. The van der Waals surface area contributed by atoms with Crippen molar-refractivity contribution >= 4 is 12.2 Å². The predicted octanol–water partition coefficient (Wildman–Crippen LogP) is 2.27. The zero-order valence-corrected chi connectivity index (χ0v) is 10.3. The Morgan fingerprint density at radius 2 is 1.82 bits per heavy atom. The quantitative estimate of drug-likeness (QED) is 0.802. The normalized spacial score (nSPS) is 11.2. The molecule has 0 atom stereocenters. The van der Waals surface area contributed by atoms with E-state index >= 15 is 0 Å². The first kappa shape index (κ1) is 11.4. The minimum atomic E-state index is 0.406. The van der Waals surface area contributed by atoms with E-state index in [4.69, 9.17) is 5.73 Å². The summed E-state index contributed by atoms with van der Waals surface area (Å²) in [4.78, 5) is 4.09. The van der Waals surface area contributed by atoms with E-state index in [0.717, 1.165) is 11.3 Å². The molecule has 2 N–H and O–H groups in total. The SMILES string of the molecule is Cc1cc(C)cc(C=Nn2cc(C)nc2N)c1. The molecule has 2 aromatic rings. The van der Waals surface area contributed by atoms with Gasteiger partial charge in [-0.2, -0.15) is 5.10 Å². The number of hydrogen-bond donors (Lipinski definition) is 1. The molecule has 0 unspecified atom stereocenters. The van der Waals surface area contributed by atoms with Crippen LogP contribution in [-0.4, -0.2) is 15.9 Å². The van der Waals surface area contributed by atoms with Gasteiger partial charge in [-0.1, -0.05) is 29.3 Å². The van der Waals surface area contributed by atoms with E-state index in [-0.39, 0.29) is 0 Å². The van der Waals surface area contributed by atoms with E-state index in [1.165, 1.54) is 11.1 Å². The molecule has 2 rings (SSSR count). The van der Waals surface area contributed by atoms with Gasteiger partial charge in [-0.15, -0.1) is 0 Å². The monoisotopic (exact) mass is 228 g/mol. The molecular formula is C13H16N4. The molecule has 4 nitrogen and oxygen atoms in total. The van der Waals surface area contributed by atoms with Crippen LogP contribution in [0, 0.1) is 20.8 Å². The van der Waals surface area contributed by atoms with Crippen molar-refractivity contribution in [2.45, 2.75) is 20.8 Å². The van der Waals surface area contributed by atoms with Gasteiger partial charge in [0, 0.05) is 0 Å². The Hall–Kier alpha value is -2.10. The highest BCUT2D eigenvalue weighted by Gasteiger charge is 1.98. The first-order valence-electron chi connectivity index (χ1n) is 5.49. The molecule has 0 bridgehead atoms. The molecule has 0 spiro atoms. The molecule has 1 heterocycles. The summed E-state index contributed by atoms with van der Waals surface area (Å²) in [6.07, 6.45) is 3.59. The lowest BCUT2D eigenvalue weighted by molar-refractivity contribution is 0.897. The van der Waals surface area contributed by atoms with Gasteiger partial charge in [0.15, 0.2) is 0 Å². The number of aromatic nitrogens is 2. The van der Waals surface area contributed by atoms with Gasteiger partial charge in [-0.05, 0) is 26.3 Å². The van der Waals surface area contributed by atoms with Crippen LogP contribution in [0.4, 0.5) is 5.95 Å². The molecular weight excluding hydrogens is 212 g/mol. The van der Waals surface area contributed by atoms with Crippen LogP contribution in [0.1, 0.15) is 22.4 Å². The molecule has 88 valence electrons. The van der Waals surface area contributed by atoms with E-state index in [9.17, 15) is 0 Å². The molecule has 17 heavy (non-hydrogen) atoms. The maximum atomic E-state index is 5.70. The van der Waals surface area contributed by atoms with Gasteiger partial charge in [-0.3, -0.25) is 0 Å². The van der Waals surface area contributed by atoms with Crippen molar-refractivity contribution in [3.63, 3.8) is 0 Å². The highest BCUT2D eigenvalue weighted by molar-refractivity contribution is 5.80. The lowest BCUT2D eigenvalue weighted by Gasteiger charge is -2.00. The molecule has 0 amide bonds. The summed E-state index contributed by atoms with van der Waals surface area (Å²) in [5.41, 5.74) is 10.1. The van der Waals surface area contributed by atoms with Crippen LogP contribution in [0.2, 0.25) is 0 Å². The lowest BCUT2D eigenvalue weighted by atomic mass is 10.1. The number of rotatable bonds is 2. The average molecular weight is 228 g/mol. The minimum Gasteiger partial charge on any atom is -0.368 e. The van der Waals surface area contributed by atoms with Gasteiger partial charge < -0.3 is 5.73 Å². The number of nitrogen functional groups attached to an aromatic ring is 1. The Bertz CT molecular complexity index is 547. The van der Waals surface area contributed by atoms with E-state index in [2.05, 4.69) is 42.1 Å². The number of benzene rings is 1. The molecule has 0 saturated carbocycles. The summed E-state index contributed by atoms with van der Waals surface area (Å²) in [7, 11) is 0. The molecule has 4 heteroatoms. The average Bonchev–Trinajstić information content (AvgIpc) is 2.53. The topological polar surface area (TPSA) is 56.2 Å². The maximum absolute atomic E-state index is 5.70. The summed E-state index contributed by atoms with van der Waals surface area (Å²) >= 11 is 0. The zero-order chi connectivity index (χ0) is 12.4. The van der Waals surface area contributed by atoms with Crippen LogP contribution in [0.3, 0.4) is 0 Å².